The molecule has 1 saturated heterocycles. The molecule has 3 aliphatic rings. The number of nitrogens with zero attached hydrogens (tertiary/aromatic N) is 4. The van der Waals surface area contributed by atoms with Crippen LogP contribution >= 0.6 is 0 Å². The number of hydrogen-bond donors (Lipinski definition) is 0. The SMILES string of the molecule is O=C(OCc1ccccc1)N1CCC(Cn2cc3c(=O)n(-c4ccccc4F)nc-3c3ccccc32)CC1. The highest BCUT2D eigenvalue weighted by Crippen LogP contribution is 2.30. The van der Waals surface area contributed by atoms with Crippen LogP contribution in [0.15, 0.2) is 89.9 Å². The van der Waals surface area contributed by atoms with Gasteiger partial charge in [0.1, 0.15) is 23.8 Å². The van der Waals surface area contributed by atoms with Gasteiger partial charge in [0, 0.05) is 31.2 Å². The zero-order valence-electron chi connectivity index (χ0n) is 20.8. The van der Waals surface area contributed by atoms with Gasteiger partial charge in [-0.25, -0.2) is 9.18 Å². The lowest BCUT2D eigenvalue weighted by atomic mass is 9.96. The highest BCUT2D eigenvalue weighted by atomic mass is 19.1. The van der Waals surface area contributed by atoms with Crippen LogP contribution in [0.5, 0.6) is 0 Å². The van der Waals surface area contributed by atoms with Gasteiger partial charge in [-0.3, -0.25) is 4.79 Å². The molecule has 0 spiro atoms. The predicted molar refractivity (Wildman–Crippen MR) is 143 cm³/mol. The Morgan fingerprint density at radius 1 is 0.947 bits per heavy atom. The van der Waals surface area contributed by atoms with Gasteiger partial charge in [-0.2, -0.15) is 9.78 Å². The number of halogens is 1. The Morgan fingerprint density at radius 3 is 2.45 bits per heavy atom. The number of aromatic nitrogens is 3. The first-order chi connectivity index (χ1) is 18.6. The second-order valence-corrected chi connectivity index (χ2v) is 9.70. The maximum absolute atomic E-state index is 14.5. The minimum absolute atomic E-state index is 0.135. The number of fused-ring (bicyclic) bond motifs is 3. The number of ether oxygens (including phenoxy) is 1. The van der Waals surface area contributed by atoms with E-state index in [0.717, 1.165) is 34.0 Å². The van der Waals surface area contributed by atoms with Crippen LogP contribution in [0.4, 0.5) is 9.18 Å². The van der Waals surface area contributed by atoms with Crippen LogP contribution in [0.1, 0.15) is 18.4 Å². The van der Waals surface area contributed by atoms with Gasteiger partial charge >= 0.3 is 6.09 Å². The molecule has 0 atom stereocenters. The summed E-state index contributed by atoms with van der Waals surface area (Å²) in [6.07, 6.45) is 3.21. The Hall–Kier alpha value is -4.46. The molecule has 192 valence electrons. The summed E-state index contributed by atoms with van der Waals surface area (Å²) in [5, 5.41) is 5.37. The number of rotatable bonds is 5. The van der Waals surface area contributed by atoms with Crippen molar-refractivity contribution in [2.45, 2.75) is 26.0 Å². The van der Waals surface area contributed by atoms with Crippen molar-refractivity contribution in [3.05, 3.63) is 107 Å². The van der Waals surface area contributed by atoms with Crippen molar-refractivity contribution >= 4 is 17.0 Å². The van der Waals surface area contributed by atoms with Crippen molar-refractivity contribution in [1.29, 1.82) is 0 Å². The second kappa shape index (κ2) is 10.1. The Morgan fingerprint density at radius 2 is 1.66 bits per heavy atom. The summed E-state index contributed by atoms with van der Waals surface area (Å²) < 4.78 is 23.2. The number of carbonyl (C=O) groups excluding carboxylic acids is 1. The molecular formula is C30H27FN4O3. The van der Waals surface area contributed by atoms with E-state index in [4.69, 9.17) is 4.74 Å². The molecule has 0 radical (unpaired) electrons. The third kappa shape index (κ3) is 4.53. The Bertz CT molecular complexity index is 1620. The quantitative estimate of drug-likeness (QED) is 0.314. The zero-order valence-corrected chi connectivity index (χ0v) is 20.8. The van der Waals surface area contributed by atoms with Crippen molar-refractivity contribution in [2.24, 2.45) is 5.92 Å². The number of hydrogen-bond acceptors (Lipinski definition) is 4. The van der Waals surface area contributed by atoms with Crippen molar-refractivity contribution in [2.75, 3.05) is 13.1 Å². The van der Waals surface area contributed by atoms with Crippen LogP contribution in [-0.2, 0) is 17.9 Å². The number of amides is 1. The minimum Gasteiger partial charge on any atom is -0.445 e. The lowest BCUT2D eigenvalue weighted by molar-refractivity contribution is 0.0808. The summed E-state index contributed by atoms with van der Waals surface area (Å²) in [4.78, 5) is 27.6. The number of benzene rings is 3. The Labute approximate surface area is 219 Å². The molecule has 1 amide bonds. The second-order valence-electron chi connectivity index (χ2n) is 9.70. The summed E-state index contributed by atoms with van der Waals surface area (Å²) in [5.74, 6) is -0.167. The van der Waals surface area contributed by atoms with Crippen LogP contribution in [0, 0.1) is 11.7 Å². The fraction of sp³-hybridized carbons (Fsp3) is 0.233. The van der Waals surface area contributed by atoms with Crippen molar-refractivity contribution in [3.63, 3.8) is 0 Å². The topological polar surface area (TPSA) is 69.4 Å². The molecule has 1 fully saturated rings. The standard InChI is InChI=1S/C30H27FN4O3/c31-25-11-5-7-13-27(25)35-29(36)24-19-34(26-12-6-4-10-23(26)28(24)32-35)18-21-14-16-33(17-15-21)30(37)38-20-22-8-2-1-3-9-22/h1-13,19,21H,14-18,20H2. The number of likely N-dealkylation sites (tertiary alicyclic amines) is 1. The van der Waals surface area contributed by atoms with Gasteiger partial charge in [0.05, 0.1) is 11.1 Å². The summed E-state index contributed by atoms with van der Waals surface area (Å²) in [7, 11) is 0. The van der Waals surface area contributed by atoms with Gasteiger partial charge < -0.3 is 14.2 Å². The lowest BCUT2D eigenvalue weighted by Crippen LogP contribution is -2.39. The molecular weight excluding hydrogens is 483 g/mol. The predicted octanol–water partition coefficient (Wildman–Crippen LogP) is 5.48. The van der Waals surface area contributed by atoms with Crippen molar-refractivity contribution in [3.8, 4) is 16.9 Å². The van der Waals surface area contributed by atoms with Crippen LogP contribution < -0.4 is 5.56 Å². The molecule has 3 aromatic carbocycles. The number of pyridine rings is 1. The third-order valence-electron chi connectivity index (χ3n) is 7.24. The van der Waals surface area contributed by atoms with Crippen molar-refractivity contribution in [1.82, 2.24) is 19.2 Å². The summed E-state index contributed by atoms with van der Waals surface area (Å²) in [5.41, 5.74) is 2.72. The Kier molecular flexibility index (Phi) is 6.37. The molecule has 3 aliphatic heterocycles. The summed E-state index contributed by atoms with van der Waals surface area (Å²) in [6, 6.07) is 23.6. The van der Waals surface area contributed by atoms with Gasteiger partial charge in [-0.1, -0.05) is 60.7 Å². The van der Waals surface area contributed by atoms with E-state index >= 15 is 0 Å². The maximum atomic E-state index is 14.5. The first-order valence-corrected chi connectivity index (χ1v) is 12.8. The Balaban J connectivity index is 1.21. The smallest absolute Gasteiger partial charge is 0.410 e. The molecule has 3 heterocycles. The summed E-state index contributed by atoms with van der Waals surface area (Å²) in [6.45, 7) is 2.21. The molecule has 0 aromatic heterocycles. The van der Waals surface area contributed by atoms with Crippen LogP contribution in [0.25, 0.3) is 27.8 Å². The molecule has 0 saturated carbocycles. The highest BCUT2D eigenvalue weighted by Gasteiger charge is 2.26. The first-order valence-electron chi connectivity index (χ1n) is 12.8. The van der Waals surface area contributed by atoms with E-state index in [0.29, 0.717) is 36.8 Å². The summed E-state index contributed by atoms with van der Waals surface area (Å²) >= 11 is 0. The largest absolute Gasteiger partial charge is 0.445 e. The number of carbonyl (C=O) groups is 1. The van der Waals surface area contributed by atoms with Gasteiger partial charge in [0.2, 0.25) is 0 Å². The average molecular weight is 511 g/mol. The molecule has 6 rings (SSSR count). The molecule has 7 nitrogen and oxygen atoms in total. The lowest BCUT2D eigenvalue weighted by Gasteiger charge is -2.32. The van der Waals surface area contributed by atoms with Gasteiger partial charge in [-0.05, 0) is 42.5 Å². The van der Waals surface area contributed by atoms with Crippen LogP contribution in [-0.4, -0.2) is 38.4 Å². The average Bonchev–Trinajstić information content (AvgIpc) is 3.29. The molecule has 0 unspecified atom stereocenters. The monoisotopic (exact) mass is 510 g/mol. The zero-order chi connectivity index (χ0) is 26.1. The fourth-order valence-electron chi connectivity index (χ4n) is 5.20. The van der Waals surface area contributed by atoms with E-state index in [1.54, 1.807) is 23.1 Å². The molecule has 8 heteroatoms. The minimum atomic E-state index is -0.497. The van der Waals surface area contributed by atoms with Crippen LogP contribution in [0.2, 0.25) is 0 Å². The van der Waals surface area contributed by atoms with Crippen LogP contribution in [0.3, 0.4) is 0 Å². The maximum Gasteiger partial charge on any atom is 0.410 e. The van der Waals surface area contributed by atoms with Gasteiger partial charge in [0.25, 0.3) is 5.56 Å². The van der Waals surface area contributed by atoms with E-state index in [1.165, 1.54) is 6.07 Å². The third-order valence-corrected chi connectivity index (χ3v) is 7.24. The normalized spacial score (nSPS) is 14.3. The first kappa shape index (κ1) is 23.9. The number of para-hydroxylation sites is 2. The fourth-order valence-corrected chi connectivity index (χ4v) is 5.20. The van der Waals surface area contributed by atoms with E-state index in [1.807, 2.05) is 60.8 Å². The van der Waals surface area contributed by atoms with E-state index in [2.05, 4.69) is 9.67 Å². The molecule has 0 aliphatic carbocycles. The number of piperidine rings is 1. The molecule has 0 bridgehead atoms. The molecule has 3 aromatic rings. The molecule has 0 N–H and O–H groups in total. The van der Waals surface area contributed by atoms with E-state index < -0.39 is 5.82 Å². The molecule has 38 heavy (non-hydrogen) atoms. The highest BCUT2D eigenvalue weighted by molar-refractivity contribution is 5.93. The van der Waals surface area contributed by atoms with Crippen molar-refractivity contribution < 1.29 is 13.9 Å². The van der Waals surface area contributed by atoms with E-state index in [-0.39, 0.29) is 23.9 Å². The van der Waals surface area contributed by atoms with Gasteiger partial charge in [0.15, 0.2) is 0 Å². The van der Waals surface area contributed by atoms with E-state index in [9.17, 15) is 14.0 Å². The van der Waals surface area contributed by atoms with Gasteiger partial charge in [-0.15, -0.1) is 0 Å².